The van der Waals surface area contributed by atoms with Crippen LogP contribution in [0.15, 0.2) is 40.6 Å². The molecular weight excluding hydrogens is 298 g/mol. The van der Waals surface area contributed by atoms with Crippen LogP contribution in [0, 0.1) is 17.8 Å². The van der Waals surface area contributed by atoms with Crippen LogP contribution in [0.3, 0.4) is 0 Å². The van der Waals surface area contributed by atoms with Crippen molar-refractivity contribution in [2.24, 2.45) is 17.8 Å². The zero-order valence-electron chi connectivity index (χ0n) is 13.5. The first kappa shape index (κ1) is 16.9. The maximum absolute atomic E-state index is 5.95. The number of thioether (sulfide) groups is 1. The maximum Gasteiger partial charge on any atom is 0.0406 e. The molecule has 21 heavy (non-hydrogen) atoms. The molecule has 1 fully saturated rings. The monoisotopic (exact) mass is 323 g/mol. The van der Waals surface area contributed by atoms with Crippen LogP contribution >= 0.6 is 23.4 Å². The van der Waals surface area contributed by atoms with Crippen LogP contribution in [-0.4, -0.2) is 24.0 Å². The first-order chi connectivity index (χ1) is 9.93. The molecule has 3 heteroatoms. The number of hydrogen-bond donors (Lipinski definition) is 0. The second-order valence-electron chi connectivity index (χ2n) is 6.30. The summed E-state index contributed by atoms with van der Waals surface area (Å²) in [5, 5.41) is 0.786. The highest BCUT2D eigenvalue weighted by molar-refractivity contribution is 8.03. The third-order valence-electron chi connectivity index (χ3n) is 4.65. The van der Waals surface area contributed by atoms with Gasteiger partial charge in [0.15, 0.2) is 0 Å². The molecule has 0 aromatic heterocycles. The number of nitrogens with zero attached hydrogens (tertiary/aromatic N) is 1. The van der Waals surface area contributed by atoms with Crippen molar-refractivity contribution >= 4 is 23.4 Å². The SMILES string of the molecule is C=C(Sc1ccc(Cl)cc1)C(C)[C@@H]1C(C(C)C)CN1CC. The Kier molecular flexibility index (Phi) is 5.81. The summed E-state index contributed by atoms with van der Waals surface area (Å²) in [6, 6.07) is 8.68. The van der Waals surface area contributed by atoms with Gasteiger partial charge in [-0.15, -0.1) is 0 Å². The number of rotatable bonds is 6. The van der Waals surface area contributed by atoms with Gasteiger partial charge in [0, 0.05) is 28.4 Å². The van der Waals surface area contributed by atoms with Gasteiger partial charge >= 0.3 is 0 Å². The molecule has 0 radical (unpaired) electrons. The van der Waals surface area contributed by atoms with E-state index in [-0.39, 0.29) is 0 Å². The fourth-order valence-electron chi connectivity index (χ4n) is 3.20. The molecule has 0 spiro atoms. The van der Waals surface area contributed by atoms with Crippen molar-refractivity contribution in [2.45, 2.75) is 38.6 Å². The van der Waals surface area contributed by atoms with Gasteiger partial charge in [-0.2, -0.15) is 0 Å². The molecule has 1 aliphatic heterocycles. The minimum absolute atomic E-state index is 0.506. The molecule has 0 saturated carbocycles. The van der Waals surface area contributed by atoms with Crippen molar-refractivity contribution in [1.29, 1.82) is 0 Å². The van der Waals surface area contributed by atoms with Crippen LogP contribution in [-0.2, 0) is 0 Å². The Labute approximate surface area is 138 Å². The van der Waals surface area contributed by atoms with Crippen LogP contribution in [0.5, 0.6) is 0 Å². The zero-order valence-corrected chi connectivity index (χ0v) is 15.0. The molecule has 0 aliphatic carbocycles. The molecule has 116 valence electrons. The average Bonchev–Trinajstić information content (AvgIpc) is 2.40. The highest BCUT2D eigenvalue weighted by atomic mass is 35.5. The van der Waals surface area contributed by atoms with Gasteiger partial charge < -0.3 is 0 Å². The maximum atomic E-state index is 5.95. The second kappa shape index (κ2) is 7.21. The van der Waals surface area contributed by atoms with Crippen molar-refractivity contribution in [3.63, 3.8) is 0 Å². The van der Waals surface area contributed by atoms with Gasteiger partial charge in [-0.1, -0.05) is 57.6 Å². The van der Waals surface area contributed by atoms with Gasteiger partial charge in [0.25, 0.3) is 0 Å². The van der Waals surface area contributed by atoms with E-state index in [2.05, 4.69) is 51.3 Å². The summed E-state index contributed by atoms with van der Waals surface area (Å²) in [5.41, 5.74) is 0. The number of hydrogen-bond acceptors (Lipinski definition) is 2. The second-order valence-corrected chi connectivity index (χ2v) is 7.93. The van der Waals surface area contributed by atoms with Crippen LogP contribution in [0.1, 0.15) is 27.7 Å². The van der Waals surface area contributed by atoms with Gasteiger partial charge in [-0.05, 0) is 47.6 Å². The first-order valence-electron chi connectivity index (χ1n) is 7.80. The Bertz CT molecular complexity index is 482. The minimum atomic E-state index is 0.506. The lowest BCUT2D eigenvalue weighted by molar-refractivity contribution is -0.0279. The van der Waals surface area contributed by atoms with E-state index in [1.54, 1.807) is 11.8 Å². The van der Waals surface area contributed by atoms with E-state index in [0.717, 1.165) is 23.4 Å². The molecule has 1 nitrogen and oxygen atoms in total. The van der Waals surface area contributed by atoms with E-state index < -0.39 is 0 Å². The van der Waals surface area contributed by atoms with Gasteiger partial charge in [-0.25, -0.2) is 0 Å². The number of likely N-dealkylation sites (tertiary alicyclic amines) is 1. The molecule has 0 N–H and O–H groups in total. The molecule has 2 unspecified atom stereocenters. The van der Waals surface area contributed by atoms with Crippen molar-refractivity contribution < 1.29 is 0 Å². The van der Waals surface area contributed by atoms with Crippen molar-refractivity contribution in [3.05, 3.63) is 40.8 Å². The Hall–Kier alpha value is -0.440. The zero-order chi connectivity index (χ0) is 15.6. The summed E-state index contributed by atoms with van der Waals surface area (Å²) in [6.07, 6.45) is 0. The Morgan fingerprint density at radius 2 is 1.95 bits per heavy atom. The van der Waals surface area contributed by atoms with E-state index in [4.69, 9.17) is 11.6 Å². The number of halogens is 1. The van der Waals surface area contributed by atoms with E-state index in [0.29, 0.717) is 12.0 Å². The fourth-order valence-corrected chi connectivity index (χ4v) is 4.23. The van der Waals surface area contributed by atoms with Crippen molar-refractivity contribution in [2.75, 3.05) is 13.1 Å². The summed E-state index contributed by atoms with van der Waals surface area (Å²) in [6.45, 7) is 16.0. The van der Waals surface area contributed by atoms with E-state index in [1.165, 1.54) is 16.3 Å². The molecule has 1 aromatic rings. The Morgan fingerprint density at radius 1 is 1.33 bits per heavy atom. The minimum Gasteiger partial charge on any atom is -0.299 e. The Morgan fingerprint density at radius 3 is 2.48 bits per heavy atom. The van der Waals surface area contributed by atoms with Crippen molar-refractivity contribution in [3.8, 4) is 0 Å². The third-order valence-corrected chi connectivity index (χ3v) is 6.04. The fraction of sp³-hybridized carbons (Fsp3) is 0.556. The third kappa shape index (κ3) is 3.85. The lowest BCUT2D eigenvalue weighted by Gasteiger charge is -2.53. The molecule has 2 rings (SSSR count). The van der Waals surface area contributed by atoms with E-state index in [9.17, 15) is 0 Å². The van der Waals surface area contributed by atoms with Crippen LogP contribution in [0.2, 0.25) is 5.02 Å². The average molecular weight is 324 g/mol. The molecule has 1 heterocycles. The van der Waals surface area contributed by atoms with Crippen molar-refractivity contribution in [1.82, 2.24) is 4.90 Å². The Balaban J connectivity index is 2.02. The quantitative estimate of drug-likeness (QED) is 0.631. The van der Waals surface area contributed by atoms with Gasteiger partial charge in [-0.3, -0.25) is 4.90 Å². The standard InChI is InChI=1S/C18H26ClNS/c1-6-20-11-17(12(2)3)18(20)13(4)14(5)21-16-9-7-15(19)8-10-16/h7-10,12-13,17-18H,5-6,11H2,1-4H3/t13?,17?,18-/m1/s1. The van der Waals surface area contributed by atoms with Crippen LogP contribution in [0.4, 0.5) is 0 Å². The van der Waals surface area contributed by atoms with E-state index in [1.807, 2.05) is 12.1 Å². The summed E-state index contributed by atoms with van der Waals surface area (Å²) in [7, 11) is 0. The first-order valence-corrected chi connectivity index (χ1v) is 8.99. The predicted octanol–water partition coefficient (Wildman–Crippen LogP) is 5.56. The molecule has 0 bridgehead atoms. The largest absolute Gasteiger partial charge is 0.299 e. The summed E-state index contributed by atoms with van der Waals surface area (Å²) < 4.78 is 0. The van der Waals surface area contributed by atoms with E-state index >= 15 is 0 Å². The highest BCUT2D eigenvalue weighted by Gasteiger charge is 2.43. The molecular formula is C18H26ClNS. The van der Waals surface area contributed by atoms with Gasteiger partial charge in [0.05, 0.1) is 0 Å². The van der Waals surface area contributed by atoms with Crippen LogP contribution in [0.25, 0.3) is 0 Å². The summed E-state index contributed by atoms with van der Waals surface area (Å²) in [4.78, 5) is 5.06. The molecule has 1 saturated heterocycles. The smallest absolute Gasteiger partial charge is 0.0406 e. The lowest BCUT2D eigenvalue weighted by atomic mass is 9.74. The van der Waals surface area contributed by atoms with Gasteiger partial charge in [0.1, 0.15) is 0 Å². The molecule has 3 atom stereocenters. The molecule has 1 aromatic carbocycles. The normalized spacial score (nSPS) is 23.9. The summed E-state index contributed by atoms with van der Waals surface area (Å²) >= 11 is 7.73. The molecule has 0 amide bonds. The van der Waals surface area contributed by atoms with Crippen LogP contribution < -0.4 is 0 Å². The summed E-state index contributed by atoms with van der Waals surface area (Å²) in [5.74, 6) is 2.04. The lowest BCUT2D eigenvalue weighted by Crippen LogP contribution is -2.60. The highest BCUT2D eigenvalue weighted by Crippen LogP contribution is 2.42. The number of benzene rings is 1. The van der Waals surface area contributed by atoms with Gasteiger partial charge in [0.2, 0.25) is 0 Å². The topological polar surface area (TPSA) is 3.24 Å². The molecule has 1 aliphatic rings. The predicted molar refractivity (Wildman–Crippen MR) is 95.0 cm³/mol.